The number of hydrogen-bond acceptors (Lipinski definition) is 2. The van der Waals surface area contributed by atoms with Crippen LogP contribution in [0.1, 0.15) is 32.4 Å². The maximum Gasteiger partial charge on any atom is 0.0447 e. The molecule has 0 aromatic heterocycles. The average Bonchev–Trinajstić information content (AvgIpc) is 2.47. The maximum atomic E-state index is 3.46. The first kappa shape index (κ1) is 15.0. The Labute approximate surface area is 122 Å². The summed E-state index contributed by atoms with van der Waals surface area (Å²) < 4.78 is 0. The third-order valence-electron chi connectivity index (χ3n) is 4.08. The van der Waals surface area contributed by atoms with Crippen molar-refractivity contribution >= 4 is 10.8 Å². The summed E-state index contributed by atoms with van der Waals surface area (Å²) in [6.07, 6.45) is 0. The van der Waals surface area contributed by atoms with Crippen molar-refractivity contribution in [3.8, 4) is 0 Å². The Bertz CT molecular complexity index is 548. The summed E-state index contributed by atoms with van der Waals surface area (Å²) in [6.45, 7) is 8.88. The normalized spacial score (nSPS) is 13.3. The molecule has 2 aromatic carbocycles. The lowest BCUT2D eigenvalue weighted by Crippen LogP contribution is -2.38. The lowest BCUT2D eigenvalue weighted by atomic mass is 10.0. The minimum Gasteiger partial charge on any atom is -0.312 e. The van der Waals surface area contributed by atoms with E-state index in [9.17, 15) is 0 Å². The van der Waals surface area contributed by atoms with Gasteiger partial charge < -0.3 is 5.32 Å². The number of benzene rings is 2. The predicted octanol–water partition coefficient (Wildman–Crippen LogP) is 3.83. The molecule has 2 aromatic rings. The molecule has 2 rings (SSSR count). The van der Waals surface area contributed by atoms with Gasteiger partial charge in [-0.2, -0.15) is 0 Å². The van der Waals surface area contributed by atoms with Gasteiger partial charge in [0.1, 0.15) is 0 Å². The van der Waals surface area contributed by atoms with Crippen LogP contribution in [0.15, 0.2) is 42.5 Å². The minimum absolute atomic E-state index is 0.377. The van der Waals surface area contributed by atoms with Crippen molar-refractivity contribution in [2.24, 2.45) is 0 Å². The smallest absolute Gasteiger partial charge is 0.0447 e. The van der Waals surface area contributed by atoms with E-state index in [2.05, 4.69) is 73.5 Å². The van der Waals surface area contributed by atoms with Gasteiger partial charge in [-0.25, -0.2) is 0 Å². The van der Waals surface area contributed by atoms with Crippen molar-refractivity contribution in [1.29, 1.82) is 0 Å². The zero-order valence-electron chi connectivity index (χ0n) is 13.1. The van der Waals surface area contributed by atoms with Crippen molar-refractivity contribution in [1.82, 2.24) is 10.2 Å². The SMILES string of the molecule is CCN(CC(NC)c1ccc2ccccc2c1)C(C)C. The van der Waals surface area contributed by atoms with E-state index < -0.39 is 0 Å². The van der Waals surface area contributed by atoms with Crippen LogP contribution in [0, 0.1) is 0 Å². The zero-order valence-corrected chi connectivity index (χ0v) is 13.1. The largest absolute Gasteiger partial charge is 0.312 e. The summed E-state index contributed by atoms with van der Waals surface area (Å²) in [5, 5.41) is 6.09. The van der Waals surface area contributed by atoms with Crippen LogP contribution < -0.4 is 5.32 Å². The van der Waals surface area contributed by atoms with Gasteiger partial charge in [-0.15, -0.1) is 0 Å². The van der Waals surface area contributed by atoms with E-state index in [-0.39, 0.29) is 0 Å². The van der Waals surface area contributed by atoms with Crippen LogP contribution in [0.4, 0.5) is 0 Å². The molecular weight excluding hydrogens is 244 g/mol. The van der Waals surface area contributed by atoms with Crippen LogP contribution in [-0.4, -0.2) is 31.1 Å². The molecule has 0 radical (unpaired) electrons. The maximum absolute atomic E-state index is 3.46. The molecule has 0 amide bonds. The highest BCUT2D eigenvalue weighted by atomic mass is 15.2. The van der Waals surface area contributed by atoms with E-state index in [1.54, 1.807) is 0 Å². The fourth-order valence-corrected chi connectivity index (χ4v) is 2.73. The number of rotatable bonds is 6. The molecule has 0 aliphatic rings. The third-order valence-corrected chi connectivity index (χ3v) is 4.08. The third kappa shape index (κ3) is 3.38. The van der Waals surface area contributed by atoms with Gasteiger partial charge in [0.2, 0.25) is 0 Å². The van der Waals surface area contributed by atoms with Gasteiger partial charge in [-0.3, -0.25) is 4.90 Å². The minimum atomic E-state index is 0.377. The van der Waals surface area contributed by atoms with Crippen molar-refractivity contribution in [2.75, 3.05) is 20.1 Å². The van der Waals surface area contributed by atoms with E-state index in [0.717, 1.165) is 13.1 Å². The molecule has 0 aliphatic heterocycles. The molecule has 0 bridgehead atoms. The van der Waals surface area contributed by atoms with Crippen molar-refractivity contribution in [2.45, 2.75) is 32.9 Å². The number of fused-ring (bicyclic) bond motifs is 1. The Morgan fingerprint density at radius 2 is 1.75 bits per heavy atom. The highest BCUT2D eigenvalue weighted by Crippen LogP contribution is 2.21. The van der Waals surface area contributed by atoms with Gasteiger partial charge in [0.15, 0.2) is 0 Å². The zero-order chi connectivity index (χ0) is 14.5. The van der Waals surface area contributed by atoms with Crippen LogP contribution in [-0.2, 0) is 0 Å². The van der Waals surface area contributed by atoms with Gasteiger partial charge >= 0.3 is 0 Å². The fourth-order valence-electron chi connectivity index (χ4n) is 2.73. The molecule has 0 saturated carbocycles. The molecule has 1 N–H and O–H groups in total. The Morgan fingerprint density at radius 1 is 1.05 bits per heavy atom. The van der Waals surface area contributed by atoms with Gasteiger partial charge in [0.05, 0.1) is 0 Å². The summed E-state index contributed by atoms with van der Waals surface area (Å²) in [7, 11) is 2.05. The predicted molar refractivity (Wildman–Crippen MR) is 88.1 cm³/mol. The molecule has 1 unspecified atom stereocenters. The molecule has 0 fully saturated rings. The summed E-state index contributed by atoms with van der Waals surface area (Å²) in [5.74, 6) is 0. The first-order valence-corrected chi connectivity index (χ1v) is 7.55. The number of hydrogen-bond donors (Lipinski definition) is 1. The van der Waals surface area contributed by atoms with Crippen LogP contribution in [0.25, 0.3) is 10.8 Å². The van der Waals surface area contributed by atoms with Gasteiger partial charge in [0.25, 0.3) is 0 Å². The lowest BCUT2D eigenvalue weighted by Gasteiger charge is -2.29. The molecule has 108 valence electrons. The highest BCUT2D eigenvalue weighted by molar-refractivity contribution is 5.83. The summed E-state index contributed by atoms with van der Waals surface area (Å²) in [4.78, 5) is 2.50. The molecule has 20 heavy (non-hydrogen) atoms. The Morgan fingerprint density at radius 3 is 2.35 bits per heavy atom. The summed E-state index contributed by atoms with van der Waals surface area (Å²) >= 11 is 0. The average molecular weight is 270 g/mol. The first-order chi connectivity index (χ1) is 9.65. The summed E-state index contributed by atoms with van der Waals surface area (Å²) in [6, 6.07) is 16.3. The Balaban J connectivity index is 2.24. The van der Waals surface area contributed by atoms with Crippen molar-refractivity contribution < 1.29 is 0 Å². The van der Waals surface area contributed by atoms with Gasteiger partial charge in [-0.05, 0) is 49.8 Å². The second-order valence-corrected chi connectivity index (χ2v) is 5.63. The fraction of sp³-hybridized carbons (Fsp3) is 0.444. The Hall–Kier alpha value is -1.38. The second kappa shape index (κ2) is 6.87. The molecule has 1 atom stereocenters. The van der Waals surface area contributed by atoms with Gasteiger partial charge in [-0.1, -0.05) is 43.3 Å². The van der Waals surface area contributed by atoms with E-state index in [1.807, 2.05) is 7.05 Å². The molecule has 2 nitrogen and oxygen atoms in total. The van der Waals surface area contributed by atoms with Gasteiger partial charge in [0, 0.05) is 18.6 Å². The van der Waals surface area contributed by atoms with Crippen LogP contribution in [0.2, 0.25) is 0 Å². The van der Waals surface area contributed by atoms with E-state index in [0.29, 0.717) is 12.1 Å². The van der Waals surface area contributed by atoms with Crippen LogP contribution in [0.5, 0.6) is 0 Å². The van der Waals surface area contributed by atoms with E-state index in [1.165, 1.54) is 16.3 Å². The quantitative estimate of drug-likeness (QED) is 0.858. The van der Waals surface area contributed by atoms with Crippen molar-refractivity contribution in [3.63, 3.8) is 0 Å². The van der Waals surface area contributed by atoms with Crippen LogP contribution >= 0.6 is 0 Å². The Kier molecular flexibility index (Phi) is 5.16. The van der Waals surface area contributed by atoms with Crippen molar-refractivity contribution in [3.05, 3.63) is 48.0 Å². The molecule has 0 saturated heterocycles. The number of nitrogens with zero attached hydrogens (tertiary/aromatic N) is 1. The monoisotopic (exact) mass is 270 g/mol. The molecular formula is C18H26N2. The lowest BCUT2D eigenvalue weighted by molar-refractivity contribution is 0.210. The second-order valence-electron chi connectivity index (χ2n) is 5.63. The molecule has 0 spiro atoms. The standard InChI is InChI=1S/C18H26N2/c1-5-20(14(2)3)13-18(19-4)17-11-10-15-8-6-7-9-16(15)12-17/h6-12,14,18-19H,5,13H2,1-4H3. The number of nitrogens with one attached hydrogen (secondary N) is 1. The van der Waals surface area contributed by atoms with E-state index >= 15 is 0 Å². The molecule has 0 aliphatic carbocycles. The summed E-state index contributed by atoms with van der Waals surface area (Å²) in [5.41, 5.74) is 1.37. The first-order valence-electron chi connectivity index (χ1n) is 7.55. The highest BCUT2D eigenvalue weighted by Gasteiger charge is 2.15. The number of likely N-dealkylation sites (N-methyl/N-ethyl adjacent to an activating group) is 2. The molecule has 2 heteroatoms. The van der Waals surface area contributed by atoms with Crippen LogP contribution in [0.3, 0.4) is 0 Å². The molecule has 0 heterocycles. The van der Waals surface area contributed by atoms with E-state index in [4.69, 9.17) is 0 Å². The topological polar surface area (TPSA) is 15.3 Å².